The number of carbonyl (C=O) groups excluding carboxylic acids is 1. The molecule has 3 rings (SSSR count). The standard InChI is InChI=1S/C19H16ClF2N3O3S/c1-25-8-7-23-19(25)29-16-6-4-12(20)10-13(16)24-17(26)11-3-5-14(27-2)15(9-11)28-18(21)22/h3-10,18H,1-2H3,(H,24,26). The Morgan fingerprint density at radius 1 is 1.24 bits per heavy atom. The van der Waals surface area contributed by atoms with Crippen LogP contribution in [0.15, 0.2) is 58.8 Å². The summed E-state index contributed by atoms with van der Waals surface area (Å²) < 4.78 is 36.5. The number of hydrogen-bond acceptors (Lipinski definition) is 5. The largest absolute Gasteiger partial charge is 0.493 e. The van der Waals surface area contributed by atoms with Crippen LogP contribution in [0.4, 0.5) is 14.5 Å². The van der Waals surface area contributed by atoms with Gasteiger partial charge in [-0.3, -0.25) is 4.79 Å². The molecule has 152 valence electrons. The van der Waals surface area contributed by atoms with Gasteiger partial charge in [0, 0.05) is 34.9 Å². The first-order valence-corrected chi connectivity index (χ1v) is 9.45. The van der Waals surface area contributed by atoms with Crippen LogP contribution in [0.5, 0.6) is 11.5 Å². The molecule has 1 amide bonds. The van der Waals surface area contributed by atoms with Crippen LogP contribution >= 0.6 is 23.4 Å². The van der Waals surface area contributed by atoms with Gasteiger partial charge in [-0.15, -0.1) is 0 Å². The summed E-state index contributed by atoms with van der Waals surface area (Å²) in [7, 11) is 3.17. The summed E-state index contributed by atoms with van der Waals surface area (Å²) in [4.78, 5) is 17.7. The van der Waals surface area contributed by atoms with E-state index in [-0.39, 0.29) is 17.1 Å². The van der Waals surface area contributed by atoms with Crippen molar-refractivity contribution >= 4 is 35.0 Å². The third-order valence-electron chi connectivity index (χ3n) is 3.81. The van der Waals surface area contributed by atoms with Crippen molar-refractivity contribution in [2.45, 2.75) is 16.7 Å². The average Bonchev–Trinajstić information content (AvgIpc) is 3.08. The Labute approximate surface area is 174 Å². The number of nitrogens with zero attached hydrogens (tertiary/aromatic N) is 2. The molecule has 0 radical (unpaired) electrons. The molecule has 1 aromatic heterocycles. The van der Waals surface area contributed by atoms with Crippen molar-refractivity contribution in [2.24, 2.45) is 7.05 Å². The fraction of sp³-hybridized carbons (Fsp3) is 0.158. The summed E-state index contributed by atoms with van der Waals surface area (Å²) in [5.74, 6) is -0.657. The molecule has 10 heteroatoms. The Balaban J connectivity index is 1.87. The van der Waals surface area contributed by atoms with Crippen molar-refractivity contribution < 1.29 is 23.0 Å². The minimum Gasteiger partial charge on any atom is -0.493 e. The highest BCUT2D eigenvalue weighted by molar-refractivity contribution is 7.99. The van der Waals surface area contributed by atoms with Gasteiger partial charge in [-0.2, -0.15) is 8.78 Å². The number of hydrogen-bond donors (Lipinski definition) is 1. The van der Waals surface area contributed by atoms with Gasteiger partial charge in [-0.25, -0.2) is 4.98 Å². The molecule has 0 aliphatic carbocycles. The average molecular weight is 440 g/mol. The molecule has 0 atom stereocenters. The number of rotatable bonds is 7. The van der Waals surface area contributed by atoms with Crippen molar-refractivity contribution in [1.82, 2.24) is 9.55 Å². The molecule has 2 aromatic carbocycles. The van der Waals surface area contributed by atoms with Gasteiger partial charge in [-0.05, 0) is 48.2 Å². The lowest BCUT2D eigenvalue weighted by Gasteiger charge is -2.13. The zero-order valence-electron chi connectivity index (χ0n) is 15.4. The number of ether oxygens (including phenoxy) is 2. The maximum atomic E-state index is 12.7. The normalized spacial score (nSPS) is 10.8. The Morgan fingerprint density at radius 3 is 2.69 bits per heavy atom. The van der Waals surface area contributed by atoms with Crippen LogP contribution < -0.4 is 14.8 Å². The van der Waals surface area contributed by atoms with Crippen molar-refractivity contribution in [3.8, 4) is 11.5 Å². The molecule has 0 aliphatic rings. The number of amides is 1. The lowest BCUT2D eigenvalue weighted by molar-refractivity contribution is -0.0512. The molecule has 3 aromatic rings. The number of benzene rings is 2. The number of aromatic nitrogens is 2. The van der Waals surface area contributed by atoms with Crippen LogP contribution in [-0.2, 0) is 7.05 Å². The summed E-state index contributed by atoms with van der Waals surface area (Å²) in [6.07, 6.45) is 3.47. The van der Waals surface area contributed by atoms with Crippen LogP contribution in [0.1, 0.15) is 10.4 Å². The molecular weight excluding hydrogens is 424 g/mol. The van der Waals surface area contributed by atoms with E-state index in [0.29, 0.717) is 10.7 Å². The van der Waals surface area contributed by atoms with Crippen molar-refractivity contribution in [3.05, 3.63) is 59.4 Å². The van der Waals surface area contributed by atoms with Crippen molar-refractivity contribution in [3.63, 3.8) is 0 Å². The first-order chi connectivity index (χ1) is 13.9. The summed E-state index contributed by atoms with van der Waals surface area (Å²) in [6.45, 7) is -3.05. The van der Waals surface area contributed by atoms with E-state index >= 15 is 0 Å². The number of halogens is 3. The Kier molecular flexibility index (Phi) is 6.60. The number of imidazole rings is 1. The molecule has 0 aliphatic heterocycles. The second kappa shape index (κ2) is 9.15. The third-order valence-corrected chi connectivity index (χ3v) is 5.20. The molecule has 0 unspecified atom stereocenters. The maximum Gasteiger partial charge on any atom is 0.387 e. The number of methoxy groups -OCH3 is 1. The van der Waals surface area contributed by atoms with E-state index in [0.717, 1.165) is 10.1 Å². The molecule has 0 bridgehead atoms. The van der Waals surface area contributed by atoms with Gasteiger partial charge in [-0.1, -0.05) is 11.6 Å². The molecule has 0 spiro atoms. The predicted octanol–water partition coefficient (Wildman–Crippen LogP) is 5.09. The van der Waals surface area contributed by atoms with E-state index in [1.54, 1.807) is 30.6 Å². The topological polar surface area (TPSA) is 65.4 Å². The van der Waals surface area contributed by atoms with Crippen LogP contribution in [0, 0.1) is 0 Å². The van der Waals surface area contributed by atoms with E-state index in [4.69, 9.17) is 16.3 Å². The fourth-order valence-electron chi connectivity index (χ4n) is 2.44. The van der Waals surface area contributed by atoms with Crippen LogP contribution in [-0.4, -0.2) is 29.2 Å². The van der Waals surface area contributed by atoms with Crippen molar-refractivity contribution in [1.29, 1.82) is 0 Å². The second-order valence-electron chi connectivity index (χ2n) is 5.76. The molecular formula is C19H16ClF2N3O3S. The summed E-state index contributed by atoms with van der Waals surface area (Å²) in [5.41, 5.74) is 0.581. The van der Waals surface area contributed by atoms with Gasteiger partial charge >= 0.3 is 6.61 Å². The highest BCUT2D eigenvalue weighted by atomic mass is 35.5. The minimum atomic E-state index is -3.05. The molecule has 29 heavy (non-hydrogen) atoms. The molecule has 0 saturated heterocycles. The molecule has 1 N–H and O–H groups in total. The number of anilines is 1. The van der Waals surface area contributed by atoms with Crippen molar-refractivity contribution in [2.75, 3.05) is 12.4 Å². The van der Waals surface area contributed by atoms with Crippen LogP contribution in [0.2, 0.25) is 5.02 Å². The van der Waals surface area contributed by atoms with E-state index in [2.05, 4.69) is 15.0 Å². The van der Waals surface area contributed by atoms with Crippen LogP contribution in [0.25, 0.3) is 0 Å². The van der Waals surface area contributed by atoms with E-state index in [1.165, 1.54) is 37.1 Å². The minimum absolute atomic E-state index is 0.0932. The summed E-state index contributed by atoms with van der Waals surface area (Å²) >= 11 is 7.43. The first-order valence-electron chi connectivity index (χ1n) is 8.26. The summed E-state index contributed by atoms with van der Waals surface area (Å²) in [5, 5.41) is 3.91. The van der Waals surface area contributed by atoms with Crippen LogP contribution in [0.3, 0.4) is 0 Å². The number of aryl methyl sites for hydroxylation is 1. The highest BCUT2D eigenvalue weighted by Gasteiger charge is 2.17. The lowest BCUT2D eigenvalue weighted by atomic mass is 10.2. The maximum absolute atomic E-state index is 12.7. The van der Waals surface area contributed by atoms with Gasteiger partial charge in [0.25, 0.3) is 5.91 Å². The van der Waals surface area contributed by atoms with Gasteiger partial charge < -0.3 is 19.4 Å². The number of carbonyl (C=O) groups is 1. The molecule has 1 heterocycles. The summed E-state index contributed by atoms with van der Waals surface area (Å²) in [6, 6.07) is 9.08. The van der Waals surface area contributed by atoms with Gasteiger partial charge in [0.1, 0.15) is 0 Å². The smallest absolute Gasteiger partial charge is 0.387 e. The molecule has 6 nitrogen and oxygen atoms in total. The highest BCUT2D eigenvalue weighted by Crippen LogP contribution is 2.35. The molecule has 0 saturated carbocycles. The zero-order chi connectivity index (χ0) is 21.0. The second-order valence-corrected chi connectivity index (χ2v) is 7.21. The van der Waals surface area contributed by atoms with Gasteiger partial charge in [0.05, 0.1) is 12.8 Å². The Hall–Kier alpha value is -2.78. The van der Waals surface area contributed by atoms with E-state index < -0.39 is 12.5 Å². The number of nitrogens with one attached hydrogen (secondary N) is 1. The first kappa shape index (κ1) is 20.9. The van der Waals surface area contributed by atoms with Gasteiger partial charge in [0.15, 0.2) is 16.7 Å². The third kappa shape index (κ3) is 5.18. The Morgan fingerprint density at radius 2 is 2.03 bits per heavy atom. The number of alkyl halides is 2. The quantitative estimate of drug-likeness (QED) is 0.555. The van der Waals surface area contributed by atoms with Gasteiger partial charge in [0.2, 0.25) is 0 Å². The lowest BCUT2D eigenvalue weighted by Crippen LogP contribution is -2.13. The fourth-order valence-corrected chi connectivity index (χ4v) is 3.48. The Bertz CT molecular complexity index is 1030. The molecule has 0 fully saturated rings. The zero-order valence-corrected chi connectivity index (χ0v) is 16.9. The SMILES string of the molecule is COc1ccc(C(=O)Nc2cc(Cl)ccc2Sc2nccn2C)cc1OC(F)F. The monoisotopic (exact) mass is 439 g/mol. The van der Waals surface area contributed by atoms with E-state index in [9.17, 15) is 13.6 Å². The van der Waals surface area contributed by atoms with E-state index in [1.807, 2.05) is 11.6 Å². The predicted molar refractivity (Wildman–Crippen MR) is 106 cm³/mol.